The van der Waals surface area contributed by atoms with E-state index in [1.165, 1.54) is 9.78 Å². The maximum absolute atomic E-state index is 12.4. The molecule has 0 spiro atoms. The van der Waals surface area contributed by atoms with Crippen LogP contribution in [0.25, 0.3) is 10.8 Å². The summed E-state index contributed by atoms with van der Waals surface area (Å²) in [6.07, 6.45) is 1.53. The van der Waals surface area contributed by atoms with Gasteiger partial charge in [-0.25, -0.2) is 5.43 Å². The van der Waals surface area contributed by atoms with Crippen molar-refractivity contribution in [1.82, 2.24) is 5.43 Å². The van der Waals surface area contributed by atoms with Crippen molar-refractivity contribution in [3.05, 3.63) is 104 Å². The zero-order valence-corrected chi connectivity index (χ0v) is 20.5. The van der Waals surface area contributed by atoms with Crippen LogP contribution in [0.2, 0.25) is 0 Å². The number of hydrazone groups is 1. The van der Waals surface area contributed by atoms with Crippen molar-refractivity contribution in [1.29, 1.82) is 0 Å². The Morgan fingerprint density at radius 3 is 2.47 bits per heavy atom. The molecule has 0 aliphatic rings. The van der Waals surface area contributed by atoms with E-state index < -0.39 is 5.91 Å². The number of rotatable bonds is 6. The minimum absolute atomic E-state index is 0.0891. The summed E-state index contributed by atoms with van der Waals surface area (Å²) >= 11 is 5.78. The number of carbonyl (C=O) groups is 1. The van der Waals surface area contributed by atoms with Gasteiger partial charge in [0.15, 0.2) is 0 Å². The number of halogens is 2. The number of phenols is 1. The molecule has 0 heterocycles. The second-order valence-electron chi connectivity index (χ2n) is 7.02. The van der Waals surface area contributed by atoms with E-state index in [0.717, 1.165) is 26.4 Å². The van der Waals surface area contributed by atoms with Gasteiger partial charge in [-0.2, -0.15) is 5.10 Å². The molecule has 0 atom stereocenters. The molecule has 32 heavy (non-hydrogen) atoms. The molecule has 160 valence electrons. The standard InChI is InChI=1S/C25H18BrIN2O3/c26-22-11-17(7-10-24(22)32-15-16-5-8-20(27)9-6-16)14-28-29-25(31)21-12-18-3-1-2-4-19(18)13-23(21)30/h1-14,30H,15H2,(H,29,31). The second kappa shape index (κ2) is 10.1. The number of hydrogen-bond acceptors (Lipinski definition) is 4. The summed E-state index contributed by atoms with van der Waals surface area (Å²) in [6.45, 7) is 0.467. The summed E-state index contributed by atoms with van der Waals surface area (Å²) in [5.74, 6) is 0.139. The smallest absolute Gasteiger partial charge is 0.275 e. The van der Waals surface area contributed by atoms with Gasteiger partial charge in [0.1, 0.15) is 18.1 Å². The predicted octanol–water partition coefficient (Wildman–Crippen LogP) is 6.26. The summed E-state index contributed by atoms with van der Waals surface area (Å²) in [5.41, 5.74) is 4.49. The first-order chi connectivity index (χ1) is 15.5. The predicted molar refractivity (Wildman–Crippen MR) is 138 cm³/mol. The normalized spacial score (nSPS) is 11.1. The van der Waals surface area contributed by atoms with Crippen LogP contribution in [-0.4, -0.2) is 17.2 Å². The number of phenolic OH excluding ortho intramolecular Hbond substituents is 1. The van der Waals surface area contributed by atoms with Gasteiger partial charge in [0.25, 0.3) is 5.91 Å². The van der Waals surface area contributed by atoms with Gasteiger partial charge in [-0.1, -0.05) is 36.4 Å². The molecule has 0 saturated carbocycles. The number of amides is 1. The van der Waals surface area contributed by atoms with Crippen LogP contribution in [0.1, 0.15) is 21.5 Å². The Morgan fingerprint density at radius 2 is 1.75 bits per heavy atom. The fraction of sp³-hybridized carbons (Fsp3) is 0.0400. The highest BCUT2D eigenvalue weighted by Crippen LogP contribution is 2.27. The first-order valence-corrected chi connectivity index (χ1v) is 11.6. The van der Waals surface area contributed by atoms with Crippen LogP contribution in [0.3, 0.4) is 0 Å². The van der Waals surface area contributed by atoms with Crippen molar-refractivity contribution in [3.8, 4) is 11.5 Å². The van der Waals surface area contributed by atoms with Gasteiger partial charge in [0.05, 0.1) is 16.3 Å². The van der Waals surface area contributed by atoms with E-state index in [0.29, 0.717) is 12.4 Å². The lowest BCUT2D eigenvalue weighted by Crippen LogP contribution is -2.17. The fourth-order valence-electron chi connectivity index (χ4n) is 3.09. The molecular weight excluding hydrogens is 583 g/mol. The second-order valence-corrected chi connectivity index (χ2v) is 9.12. The largest absolute Gasteiger partial charge is 0.507 e. The average Bonchev–Trinajstić information content (AvgIpc) is 2.79. The maximum Gasteiger partial charge on any atom is 0.275 e. The van der Waals surface area contributed by atoms with Crippen LogP contribution >= 0.6 is 38.5 Å². The highest BCUT2D eigenvalue weighted by Gasteiger charge is 2.11. The molecule has 0 aliphatic heterocycles. The van der Waals surface area contributed by atoms with Crippen molar-refractivity contribution in [3.63, 3.8) is 0 Å². The van der Waals surface area contributed by atoms with Crippen molar-refractivity contribution in [2.24, 2.45) is 5.10 Å². The number of aromatic hydroxyl groups is 1. The van der Waals surface area contributed by atoms with Gasteiger partial charge in [-0.05, 0) is 103 Å². The van der Waals surface area contributed by atoms with E-state index in [-0.39, 0.29) is 11.3 Å². The molecule has 0 bridgehead atoms. The Balaban J connectivity index is 1.39. The molecule has 0 fully saturated rings. The minimum Gasteiger partial charge on any atom is -0.507 e. The number of carbonyl (C=O) groups excluding carboxylic acids is 1. The number of nitrogens with zero attached hydrogens (tertiary/aromatic N) is 1. The highest BCUT2D eigenvalue weighted by atomic mass is 127. The molecule has 0 aromatic heterocycles. The Kier molecular flexibility index (Phi) is 7.06. The zero-order chi connectivity index (χ0) is 22.5. The van der Waals surface area contributed by atoms with Crippen LogP contribution in [0.5, 0.6) is 11.5 Å². The molecule has 0 radical (unpaired) electrons. The summed E-state index contributed by atoms with van der Waals surface area (Å²) < 4.78 is 7.84. The van der Waals surface area contributed by atoms with E-state index in [1.807, 2.05) is 66.7 Å². The maximum atomic E-state index is 12.4. The van der Waals surface area contributed by atoms with Gasteiger partial charge in [-0.15, -0.1) is 0 Å². The minimum atomic E-state index is -0.485. The number of ether oxygens (including phenoxy) is 1. The summed E-state index contributed by atoms with van der Waals surface area (Å²) in [7, 11) is 0. The van der Waals surface area contributed by atoms with Gasteiger partial charge in [0.2, 0.25) is 0 Å². The summed E-state index contributed by atoms with van der Waals surface area (Å²) in [6, 6.07) is 24.4. The van der Waals surface area contributed by atoms with Gasteiger partial charge in [0, 0.05) is 3.57 Å². The third-order valence-corrected chi connectivity index (χ3v) is 6.09. The van der Waals surface area contributed by atoms with E-state index in [1.54, 1.807) is 12.1 Å². The summed E-state index contributed by atoms with van der Waals surface area (Å²) in [5, 5.41) is 15.9. The monoisotopic (exact) mass is 600 g/mol. The van der Waals surface area contributed by atoms with Gasteiger partial charge in [-0.3, -0.25) is 4.79 Å². The van der Waals surface area contributed by atoms with E-state index in [2.05, 4.69) is 49.0 Å². The highest BCUT2D eigenvalue weighted by molar-refractivity contribution is 14.1. The van der Waals surface area contributed by atoms with Crippen LogP contribution in [-0.2, 0) is 6.61 Å². The van der Waals surface area contributed by atoms with E-state index in [9.17, 15) is 9.90 Å². The molecule has 0 aliphatic carbocycles. The SMILES string of the molecule is O=C(NN=Cc1ccc(OCc2ccc(I)cc2)c(Br)c1)c1cc2ccccc2cc1O. The van der Waals surface area contributed by atoms with Gasteiger partial charge >= 0.3 is 0 Å². The molecule has 1 amide bonds. The van der Waals surface area contributed by atoms with Gasteiger partial charge < -0.3 is 9.84 Å². The Hall–Kier alpha value is -2.91. The number of fused-ring (bicyclic) bond motifs is 1. The van der Waals surface area contributed by atoms with Crippen LogP contribution < -0.4 is 10.2 Å². The Morgan fingerprint density at radius 1 is 1.03 bits per heavy atom. The quantitative estimate of drug-likeness (QED) is 0.156. The molecule has 7 heteroatoms. The first kappa shape index (κ1) is 22.3. The fourth-order valence-corrected chi connectivity index (χ4v) is 3.96. The third-order valence-electron chi connectivity index (χ3n) is 4.75. The molecular formula is C25H18BrIN2O3. The number of benzene rings is 4. The first-order valence-electron chi connectivity index (χ1n) is 9.71. The average molecular weight is 601 g/mol. The van der Waals surface area contributed by atoms with Crippen molar-refractivity contribution < 1.29 is 14.6 Å². The molecule has 4 rings (SSSR count). The van der Waals surface area contributed by atoms with Crippen molar-refractivity contribution >= 4 is 61.4 Å². The van der Waals surface area contributed by atoms with Crippen molar-refractivity contribution in [2.75, 3.05) is 0 Å². The lowest BCUT2D eigenvalue weighted by molar-refractivity contribution is 0.0952. The molecule has 5 nitrogen and oxygen atoms in total. The number of hydrogen-bond donors (Lipinski definition) is 2. The third kappa shape index (κ3) is 5.46. The molecule has 4 aromatic rings. The lowest BCUT2D eigenvalue weighted by Gasteiger charge is -2.09. The van der Waals surface area contributed by atoms with Crippen molar-refractivity contribution in [2.45, 2.75) is 6.61 Å². The molecule has 0 unspecified atom stereocenters. The Labute approximate surface area is 207 Å². The topological polar surface area (TPSA) is 70.9 Å². The Bertz CT molecular complexity index is 1310. The molecule has 4 aromatic carbocycles. The van der Waals surface area contributed by atoms with Crippen LogP contribution in [0, 0.1) is 3.57 Å². The van der Waals surface area contributed by atoms with Crippen LogP contribution in [0.15, 0.2) is 88.4 Å². The number of nitrogens with one attached hydrogen (secondary N) is 1. The van der Waals surface area contributed by atoms with E-state index in [4.69, 9.17) is 4.74 Å². The summed E-state index contributed by atoms with van der Waals surface area (Å²) in [4.78, 5) is 12.4. The molecule has 0 saturated heterocycles. The zero-order valence-electron chi connectivity index (χ0n) is 16.8. The molecule has 2 N–H and O–H groups in total. The lowest BCUT2D eigenvalue weighted by atomic mass is 10.1. The van der Waals surface area contributed by atoms with E-state index >= 15 is 0 Å². The van der Waals surface area contributed by atoms with Crippen LogP contribution in [0.4, 0.5) is 0 Å².